The Morgan fingerprint density at radius 3 is 0.823 bits per heavy atom. The Hall–Kier alpha value is -13.4. The number of rotatable bonds is 28. The maximum atomic E-state index is 13.0. The number of aromatic hydroxyl groups is 4. The van der Waals surface area contributed by atoms with E-state index in [1.165, 1.54) is 117 Å². The van der Waals surface area contributed by atoms with E-state index in [4.69, 9.17) is 58.0 Å². The summed E-state index contributed by atoms with van der Waals surface area (Å²) in [6.45, 7) is 15.1. The summed E-state index contributed by atoms with van der Waals surface area (Å²) in [7, 11) is -19.4. The first-order chi connectivity index (χ1) is 66.0. The molecule has 0 radical (unpaired) electrons. The summed E-state index contributed by atoms with van der Waals surface area (Å²) in [5, 5.41) is 55.7. The van der Waals surface area contributed by atoms with E-state index in [9.17, 15) is 114 Å². The molecule has 0 aliphatic carbocycles. The molecule has 0 heterocycles. The lowest BCUT2D eigenvalue weighted by atomic mass is 10.1. The number of hydrogen-bond acceptors (Lipinski definition) is 22. The highest BCUT2D eigenvalue weighted by atomic mass is 35.5. The highest BCUT2D eigenvalue weighted by Gasteiger charge is 2.38. The molecule has 0 spiro atoms. The first kappa shape index (κ1) is 111. The maximum absolute atomic E-state index is 13.0. The van der Waals surface area contributed by atoms with Gasteiger partial charge in [-0.3, -0.25) is 38.4 Å². The fourth-order valence-electron chi connectivity index (χ4n) is 13.1. The summed E-state index contributed by atoms with van der Waals surface area (Å²) in [4.78, 5) is 101. The molecule has 4 atom stereocenters. The van der Waals surface area contributed by atoms with Gasteiger partial charge in [0.15, 0.2) is 49.2 Å². The van der Waals surface area contributed by atoms with Crippen LogP contribution in [-0.2, 0) is 74.5 Å². The van der Waals surface area contributed by atoms with Crippen molar-refractivity contribution in [2.24, 2.45) is 0 Å². The molecular formula is C98H92Cl5F3N8O22S5. The van der Waals surface area contributed by atoms with Crippen LogP contribution in [0.3, 0.4) is 0 Å². The molecule has 12 aromatic rings. The van der Waals surface area contributed by atoms with Crippen molar-refractivity contribution >= 4 is 200 Å². The van der Waals surface area contributed by atoms with Crippen molar-refractivity contribution in [2.45, 2.75) is 133 Å². The van der Waals surface area contributed by atoms with E-state index in [1.807, 2.05) is 27.7 Å². The van der Waals surface area contributed by atoms with Crippen LogP contribution in [0, 0.1) is 34.6 Å². The Morgan fingerprint density at radius 1 is 0.298 bits per heavy atom. The van der Waals surface area contributed by atoms with E-state index < -0.39 is 141 Å². The number of halogens is 8. The zero-order valence-electron chi connectivity index (χ0n) is 76.2. The Morgan fingerprint density at radius 2 is 0.546 bits per heavy atom. The molecule has 0 fully saturated rings. The van der Waals surface area contributed by atoms with Crippen LogP contribution in [0.25, 0.3) is 0 Å². The van der Waals surface area contributed by atoms with Gasteiger partial charge in [-0.1, -0.05) is 162 Å². The number of benzene rings is 12. The molecule has 12 aromatic carbocycles. The normalized spacial score (nSPS) is 12.4. The van der Waals surface area contributed by atoms with Gasteiger partial charge >= 0.3 is 6.18 Å². The van der Waals surface area contributed by atoms with Gasteiger partial charge in [0, 0.05) is 57.8 Å². The van der Waals surface area contributed by atoms with Crippen LogP contribution in [0.4, 0.5) is 58.7 Å². The van der Waals surface area contributed by atoms with Crippen molar-refractivity contribution in [1.82, 2.24) is 0 Å². The predicted octanol–water partition coefficient (Wildman–Crippen LogP) is 20.2. The Balaban J connectivity index is 0.000000210. The van der Waals surface area contributed by atoms with Crippen molar-refractivity contribution in [3.8, 4) is 23.0 Å². The number of hydrogen-bond donors (Lipinski definition) is 12. The number of alkyl halides is 3. The average Bonchev–Trinajstić information content (AvgIpc) is 0.799. The van der Waals surface area contributed by atoms with Gasteiger partial charge in [-0.2, -0.15) is 13.2 Å². The Bertz CT molecular complexity index is 7170. The lowest BCUT2D eigenvalue weighted by Crippen LogP contribution is -2.34. The maximum Gasteiger partial charge on any atom is 0.416 e. The number of phenols is 4. The molecule has 0 bridgehead atoms. The molecule has 12 rings (SSSR count). The van der Waals surface area contributed by atoms with Gasteiger partial charge in [0.25, 0.3) is 23.6 Å². The van der Waals surface area contributed by atoms with Crippen LogP contribution in [0.2, 0.25) is 25.1 Å². The molecule has 0 aliphatic rings. The number of aryl methyl sites for hydroxylation is 5. The van der Waals surface area contributed by atoms with E-state index in [2.05, 4.69) is 42.5 Å². The fourth-order valence-corrected chi connectivity index (χ4v) is 20.9. The second-order valence-electron chi connectivity index (χ2n) is 31.7. The molecule has 0 aromatic heterocycles. The average molecular weight is 2130 g/mol. The molecule has 0 aliphatic heterocycles. The second-order valence-corrected chi connectivity index (χ2v) is 44.4. The predicted molar refractivity (Wildman–Crippen MR) is 538 cm³/mol. The van der Waals surface area contributed by atoms with Crippen molar-refractivity contribution in [2.75, 3.05) is 48.8 Å². The molecular weight excluding hydrogens is 2040 g/mol. The molecule has 742 valence electrons. The van der Waals surface area contributed by atoms with E-state index >= 15 is 0 Å². The van der Waals surface area contributed by atoms with Gasteiger partial charge in [-0.25, -0.2) is 42.1 Å². The summed E-state index contributed by atoms with van der Waals surface area (Å²) in [5.74, 6) is -7.32. The quantitative estimate of drug-likeness (QED) is 0.0203. The van der Waals surface area contributed by atoms with Crippen molar-refractivity contribution in [3.63, 3.8) is 0 Å². The van der Waals surface area contributed by atoms with Gasteiger partial charge in [0.2, 0.25) is 23.6 Å². The molecule has 0 saturated carbocycles. The Kier molecular flexibility index (Phi) is 37.3. The zero-order valence-corrected chi connectivity index (χ0v) is 84.1. The molecule has 141 heavy (non-hydrogen) atoms. The second kappa shape index (κ2) is 47.2. The van der Waals surface area contributed by atoms with Gasteiger partial charge in [0.1, 0.15) is 44.0 Å². The number of anilines is 8. The summed E-state index contributed by atoms with van der Waals surface area (Å²) in [6.07, 6.45) is -3.51. The van der Waals surface area contributed by atoms with Crippen LogP contribution in [0.5, 0.6) is 23.0 Å². The first-order valence-corrected chi connectivity index (χ1v) is 52.1. The minimum atomic E-state index is -4.56. The molecule has 30 nitrogen and oxygen atoms in total. The SMILES string of the molecule is CCC(C(=O)Nc1cc(O)c(NC(=O)c2ccc(C(F)(F)F)cc2)cc1Cl)S(=O)(=O)c1cccc(C)c1.CCC(C(=O)Nc1cc(O)c(NC(=O)c2ccc(C)cc2)cc1Cl)S(=O)(=O)c1ccc(C)cc1.CCC(C(=O)Nc1cc(O)c(NC(=O)c2ccc(C)cc2)cc1Cl)S(=O)(=O)c1ccc(Cl)cc1.Cc1ccc(S(=O)(=O)C(C)C(=O)Nc2cc(O)c(NC(=O)c3ccc(S(C)(=O)=O)cc3)cc2Cl)cc1. The van der Waals surface area contributed by atoms with Crippen LogP contribution in [0.1, 0.15) is 122 Å². The van der Waals surface area contributed by atoms with Gasteiger partial charge in [-0.05, 0) is 224 Å². The van der Waals surface area contributed by atoms with Gasteiger partial charge in [0.05, 0.1) is 95.6 Å². The van der Waals surface area contributed by atoms with Crippen LogP contribution in [-0.4, -0.2) is 137 Å². The largest absolute Gasteiger partial charge is 0.506 e. The number of sulfone groups is 5. The molecule has 0 saturated heterocycles. The molecule has 43 heteroatoms. The third-order valence-corrected chi connectivity index (χ3v) is 32.5. The smallest absolute Gasteiger partial charge is 0.416 e. The van der Waals surface area contributed by atoms with Crippen molar-refractivity contribution in [1.29, 1.82) is 0 Å². The van der Waals surface area contributed by atoms with E-state index in [0.717, 1.165) is 83.1 Å². The Labute approximate surface area is 836 Å². The molecule has 8 amide bonds. The molecule has 12 N–H and O–H groups in total. The van der Waals surface area contributed by atoms with Gasteiger partial charge < -0.3 is 63.0 Å². The number of carbonyl (C=O) groups is 8. The standard InChI is InChI=1S/C25H22ClF3N2O5S.C25H25ClN2O5S.C24H22Cl2N2O5S.C24H23ClN2O7S2/c1-3-22(37(35,36)17-6-4-5-14(2)11-17)24(34)30-19-13-21(32)20(12-18(19)26)31-23(33)15-7-9-16(10-8-15)25(27,28)29;1-4-23(34(32,33)18-11-7-16(3)8-12-18)25(31)27-20-14-22(29)21(13-19(20)26)28-24(30)17-9-5-15(2)6-10-17;1-3-22(34(32,33)17-10-8-16(25)9-11-17)24(31)27-19-13-21(29)20(12-18(19)26)28-23(30)15-6-4-14(2)5-7-15;1-14-4-8-18(9-5-14)36(33,34)15(2)23(29)26-20-13-22(28)21(12-19(20)25)27-24(30)16-6-10-17(11-7-16)35(3,31)32/h4-13,22,32H,3H2,1-2H3,(H,30,34)(H,31,33);5-14,23,29H,4H2,1-3H3,(H,27,31)(H,28,30);4-13,22,29H,3H2,1-2H3,(H,27,31)(H,28,30);4-13,15,28H,1-3H3,(H,26,29)(H,27,30). The highest BCUT2D eigenvalue weighted by Crippen LogP contribution is 2.41. The van der Waals surface area contributed by atoms with E-state index in [1.54, 1.807) is 106 Å². The van der Waals surface area contributed by atoms with Crippen LogP contribution in [0.15, 0.2) is 267 Å². The minimum Gasteiger partial charge on any atom is -0.506 e. The monoisotopic (exact) mass is 2120 g/mol. The lowest BCUT2D eigenvalue weighted by Gasteiger charge is -2.18. The first-order valence-electron chi connectivity index (χ1n) is 42.1. The number of carbonyl (C=O) groups excluding carboxylic acids is 8. The summed E-state index contributed by atoms with van der Waals surface area (Å²) in [5.41, 5.74) is 4.05. The lowest BCUT2D eigenvalue weighted by molar-refractivity contribution is -0.137. The zero-order chi connectivity index (χ0) is 104. The summed E-state index contributed by atoms with van der Waals surface area (Å²) >= 11 is 30.7. The number of phenolic OH excluding ortho intramolecular Hbond substituents is 4. The highest BCUT2D eigenvalue weighted by molar-refractivity contribution is 7.94. The topological polar surface area (TPSA) is 484 Å². The fraction of sp³-hybridized carbons (Fsp3) is 0.184. The van der Waals surface area contributed by atoms with Crippen LogP contribution >= 0.6 is 58.0 Å². The van der Waals surface area contributed by atoms with E-state index in [-0.39, 0.29) is 132 Å². The van der Waals surface area contributed by atoms with Gasteiger partial charge in [-0.15, -0.1) is 0 Å². The van der Waals surface area contributed by atoms with Crippen molar-refractivity contribution < 1.29 is 114 Å². The third-order valence-electron chi connectivity index (χ3n) is 21.1. The molecule has 4 unspecified atom stereocenters. The van der Waals surface area contributed by atoms with Crippen molar-refractivity contribution in [3.05, 3.63) is 323 Å². The van der Waals surface area contributed by atoms with Crippen LogP contribution < -0.4 is 42.5 Å². The minimum absolute atomic E-state index is 0.00209. The number of nitrogens with one attached hydrogen (secondary N) is 8. The third kappa shape index (κ3) is 28.9. The summed E-state index contributed by atoms with van der Waals surface area (Å²) in [6, 6.07) is 55.6. The number of amides is 8. The summed E-state index contributed by atoms with van der Waals surface area (Å²) < 4.78 is 165. The van der Waals surface area contributed by atoms with E-state index in [0.29, 0.717) is 21.7 Å².